The fourth-order valence-electron chi connectivity index (χ4n) is 2.20. The number of amides is 1. The van der Waals surface area contributed by atoms with Crippen LogP contribution in [0.3, 0.4) is 0 Å². The highest BCUT2D eigenvalue weighted by atomic mass is 79.9. The number of carbonyl (C=O) groups excluding carboxylic acids is 2. The third kappa shape index (κ3) is 6.69. The van der Waals surface area contributed by atoms with Crippen LogP contribution in [-0.4, -0.2) is 41.3 Å². The van der Waals surface area contributed by atoms with Crippen molar-refractivity contribution in [3.63, 3.8) is 0 Å². The van der Waals surface area contributed by atoms with Gasteiger partial charge in [-0.2, -0.15) is 0 Å². The predicted molar refractivity (Wildman–Crippen MR) is 90.9 cm³/mol. The molecule has 0 aliphatic heterocycles. The van der Waals surface area contributed by atoms with Gasteiger partial charge in [0, 0.05) is 13.1 Å². The molecule has 1 rings (SSSR count). The molecule has 128 valence electrons. The molecule has 1 atom stereocenters. The van der Waals surface area contributed by atoms with Crippen molar-refractivity contribution in [3.8, 4) is 0 Å². The summed E-state index contributed by atoms with van der Waals surface area (Å²) in [6.45, 7) is 4.90. The Balaban J connectivity index is 2.64. The number of rotatable bonds is 9. The summed E-state index contributed by atoms with van der Waals surface area (Å²) in [5, 5.41) is 0. The van der Waals surface area contributed by atoms with Crippen molar-refractivity contribution >= 4 is 27.8 Å². The quantitative estimate of drug-likeness (QED) is 0.482. The van der Waals surface area contributed by atoms with E-state index in [9.17, 15) is 14.0 Å². The van der Waals surface area contributed by atoms with E-state index in [1.54, 1.807) is 30.0 Å². The van der Waals surface area contributed by atoms with Gasteiger partial charge in [-0.1, -0.05) is 41.1 Å². The molecule has 0 aliphatic carbocycles. The average molecular weight is 388 g/mol. The van der Waals surface area contributed by atoms with Gasteiger partial charge in [0.1, 0.15) is 5.82 Å². The molecule has 0 aliphatic rings. The smallest absolute Gasteiger partial charge is 0.307 e. The van der Waals surface area contributed by atoms with Crippen LogP contribution >= 0.6 is 15.9 Å². The molecule has 6 heteroatoms. The van der Waals surface area contributed by atoms with Crippen LogP contribution < -0.4 is 0 Å². The maximum Gasteiger partial charge on any atom is 0.307 e. The summed E-state index contributed by atoms with van der Waals surface area (Å²) >= 11 is 3.35. The Bertz CT molecular complexity index is 524. The average Bonchev–Trinajstić information content (AvgIpc) is 2.53. The lowest BCUT2D eigenvalue weighted by atomic mass is 10.1. The Hall–Kier alpha value is -1.43. The zero-order chi connectivity index (χ0) is 17.2. The molecular formula is C17H23BrFNO3. The van der Waals surface area contributed by atoms with Crippen LogP contribution in [0, 0.1) is 5.82 Å². The number of carbonyl (C=O) groups is 2. The topological polar surface area (TPSA) is 46.6 Å². The molecule has 0 spiro atoms. The molecular weight excluding hydrogens is 365 g/mol. The van der Waals surface area contributed by atoms with E-state index in [2.05, 4.69) is 15.9 Å². The van der Waals surface area contributed by atoms with Gasteiger partial charge >= 0.3 is 5.97 Å². The van der Waals surface area contributed by atoms with Gasteiger partial charge in [-0.25, -0.2) is 4.39 Å². The number of benzene rings is 1. The number of hydrogen-bond donors (Lipinski definition) is 0. The van der Waals surface area contributed by atoms with Crippen molar-refractivity contribution in [2.75, 3.05) is 19.7 Å². The summed E-state index contributed by atoms with van der Waals surface area (Å²) in [5.74, 6) is -0.778. The fraction of sp³-hybridized carbons (Fsp3) is 0.529. The first-order valence-corrected chi connectivity index (χ1v) is 8.73. The summed E-state index contributed by atoms with van der Waals surface area (Å²) in [4.78, 5) is 25.1. The predicted octanol–water partition coefficient (Wildman–Crippen LogP) is 3.32. The van der Waals surface area contributed by atoms with E-state index in [4.69, 9.17) is 4.74 Å². The Kier molecular flexibility index (Phi) is 8.84. The van der Waals surface area contributed by atoms with Gasteiger partial charge < -0.3 is 9.64 Å². The SMILES string of the molecule is CCCN(CCC(=O)OCC)C(=O)C(Br)Cc1ccccc1F. The van der Waals surface area contributed by atoms with E-state index >= 15 is 0 Å². The van der Waals surface area contributed by atoms with Gasteiger partial charge in [0.2, 0.25) is 5.91 Å². The Labute approximate surface area is 145 Å². The molecule has 1 unspecified atom stereocenters. The van der Waals surface area contributed by atoms with E-state index in [1.807, 2.05) is 6.92 Å². The van der Waals surface area contributed by atoms with Crippen LogP contribution in [0.4, 0.5) is 4.39 Å². The second-order valence-corrected chi connectivity index (χ2v) is 6.25. The third-order valence-corrected chi connectivity index (χ3v) is 4.04. The highest BCUT2D eigenvalue weighted by molar-refractivity contribution is 9.10. The Morgan fingerprint density at radius 3 is 2.57 bits per heavy atom. The molecule has 0 bridgehead atoms. The van der Waals surface area contributed by atoms with Gasteiger partial charge in [0.15, 0.2) is 0 Å². The van der Waals surface area contributed by atoms with Crippen LogP contribution in [0.1, 0.15) is 32.3 Å². The van der Waals surface area contributed by atoms with Crippen molar-refractivity contribution < 1.29 is 18.7 Å². The molecule has 0 radical (unpaired) electrons. The first-order valence-electron chi connectivity index (χ1n) is 7.81. The third-order valence-electron chi connectivity index (χ3n) is 3.32. The van der Waals surface area contributed by atoms with Crippen LogP contribution in [0.15, 0.2) is 24.3 Å². The standard InChI is InChI=1S/C17H23BrFNO3/c1-3-10-20(11-9-16(21)23-4-2)17(22)14(18)12-13-7-5-6-8-15(13)19/h5-8,14H,3-4,9-12H2,1-2H3. The molecule has 0 saturated heterocycles. The summed E-state index contributed by atoms with van der Waals surface area (Å²) < 4.78 is 18.6. The molecule has 0 saturated carbocycles. The number of ether oxygens (including phenoxy) is 1. The second kappa shape index (κ2) is 10.4. The molecule has 1 aromatic carbocycles. The summed E-state index contributed by atoms with van der Waals surface area (Å²) in [6, 6.07) is 6.41. The molecule has 1 aromatic rings. The van der Waals surface area contributed by atoms with Crippen LogP contribution in [0.25, 0.3) is 0 Å². The normalized spacial score (nSPS) is 11.8. The summed E-state index contributed by atoms with van der Waals surface area (Å²) in [6.07, 6.45) is 1.22. The number of nitrogens with zero attached hydrogens (tertiary/aromatic N) is 1. The van der Waals surface area contributed by atoms with Gasteiger partial charge in [-0.05, 0) is 31.4 Å². The molecule has 0 aromatic heterocycles. The fourth-order valence-corrected chi connectivity index (χ4v) is 2.84. The van der Waals surface area contributed by atoms with Crippen LogP contribution in [0.5, 0.6) is 0 Å². The highest BCUT2D eigenvalue weighted by Gasteiger charge is 2.23. The molecule has 0 N–H and O–H groups in total. The van der Waals surface area contributed by atoms with Crippen LogP contribution in [-0.2, 0) is 20.7 Å². The lowest BCUT2D eigenvalue weighted by Gasteiger charge is -2.24. The van der Waals surface area contributed by atoms with Crippen molar-refractivity contribution in [2.24, 2.45) is 0 Å². The number of alkyl halides is 1. The maximum atomic E-state index is 13.7. The second-order valence-electron chi connectivity index (χ2n) is 5.14. The van der Waals surface area contributed by atoms with Gasteiger partial charge in [0.25, 0.3) is 0 Å². The minimum Gasteiger partial charge on any atom is -0.466 e. The minimum absolute atomic E-state index is 0.139. The molecule has 23 heavy (non-hydrogen) atoms. The number of halogens is 2. The zero-order valence-corrected chi connectivity index (χ0v) is 15.1. The van der Waals surface area contributed by atoms with E-state index in [-0.39, 0.29) is 30.5 Å². The van der Waals surface area contributed by atoms with Gasteiger partial charge in [-0.15, -0.1) is 0 Å². The van der Waals surface area contributed by atoms with Crippen molar-refractivity contribution in [3.05, 3.63) is 35.6 Å². The van der Waals surface area contributed by atoms with Gasteiger partial charge in [-0.3, -0.25) is 9.59 Å². The van der Waals surface area contributed by atoms with Gasteiger partial charge in [0.05, 0.1) is 17.9 Å². The van der Waals surface area contributed by atoms with E-state index in [1.165, 1.54) is 6.07 Å². The maximum absolute atomic E-state index is 13.7. The number of hydrogen-bond acceptors (Lipinski definition) is 3. The molecule has 0 fully saturated rings. The van der Waals surface area contributed by atoms with E-state index in [0.29, 0.717) is 25.3 Å². The minimum atomic E-state index is -0.520. The Morgan fingerprint density at radius 1 is 1.26 bits per heavy atom. The first kappa shape index (κ1) is 19.6. The van der Waals surface area contributed by atoms with Crippen molar-refractivity contribution in [1.29, 1.82) is 0 Å². The molecule has 4 nitrogen and oxygen atoms in total. The molecule has 0 heterocycles. The monoisotopic (exact) mass is 387 g/mol. The molecule has 1 amide bonds. The first-order chi connectivity index (χ1) is 11.0. The van der Waals surface area contributed by atoms with Crippen molar-refractivity contribution in [2.45, 2.75) is 37.9 Å². The number of esters is 1. The summed E-state index contributed by atoms with van der Waals surface area (Å²) in [7, 11) is 0. The van der Waals surface area contributed by atoms with E-state index in [0.717, 1.165) is 6.42 Å². The lowest BCUT2D eigenvalue weighted by molar-refractivity contribution is -0.144. The Morgan fingerprint density at radius 2 is 1.96 bits per heavy atom. The lowest BCUT2D eigenvalue weighted by Crippen LogP contribution is -2.39. The largest absolute Gasteiger partial charge is 0.466 e. The summed E-state index contributed by atoms with van der Waals surface area (Å²) in [5.41, 5.74) is 0.490. The highest BCUT2D eigenvalue weighted by Crippen LogP contribution is 2.16. The van der Waals surface area contributed by atoms with Crippen molar-refractivity contribution in [1.82, 2.24) is 4.90 Å². The van der Waals surface area contributed by atoms with E-state index < -0.39 is 4.83 Å². The van der Waals surface area contributed by atoms with Crippen LogP contribution in [0.2, 0.25) is 0 Å². The zero-order valence-electron chi connectivity index (χ0n) is 13.6.